The lowest BCUT2D eigenvalue weighted by Crippen LogP contribution is -2.27. The summed E-state index contributed by atoms with van der Waals surface area (Å²) in [4.78, 5) is 24.5. The summed E-state index contributed by atoms with van der Waals surface area (Å²) in [7, 11) is 2.69. The summed E-state index contributed by atoms with van der Waals surface area (Å²) in [5, 5.41) is 0. The van der Waals surface area contributed by atoms with Crippen LogP contribution in [0.1, 0.15) is 18.5 Å². The Hall–Kier alpha value is -2.40. The van der Waals surface area contributed by atoms with Crippen LogP contribution in [0.2, 0.25) is 0 Å². The van der Waals surface area contributed by atoms with E-state index in [4.69, 9.17) is 0 Å². The van der Waals surface area contributed by atoms with Gasteiger partial charge in [0, 0.05) is 31.3 Å². The van der Waals surface area contributed by atoms with Crippen molar-refractivity contribution in [3.05, 3.63) is 60.2 Å². The minimum Gasteiger partial charge on any atom is -0.466 e. The molecule has 1 atom stereocenters. The highest BCUT2D eigenvalue weighted by molar-refractivity contribution is 5.82. The summed E-state index contributed by atoms with van der Waals surface area (Å²) in [6, 6.07) is 10.2. The lowest BCUT2D eigenvalue weighted by atomic mass is 10.1. The third-order valence-corrected chi connectivity index (χ3v) is 3.42. The van der Waals surface area contributed by atoms with Crippen LogP contribution < -0.4 is 0 Å². The Bertz CT molecular complexity index is 523. The highest BCUT2D eigenvalue weighted by Crippen LogP contribution is 2.19. The van der Waals surface area contributed by atoms with Crippen molar-refractivity contribution in [3.63, 3.8) is 0 Å². The zero-order chi connectivity index (χ0) is 17.1. The number of methoxy groups -OCH3 is 2. The first-order valence-corrected chi connectivity index (χ1v) is 7.36. The molecular weight excluding hydrogens is 294 g/mol. The van der Waals surface area contributed by atoms with E-state index in [0.29, 0.717) is 13.1 Å². The second-order valence-electron chi connectivity index (χ2n) is 4.89. The van der Waals surface area contributed by atoms with Crippen LogP contribution in [-0.4, -0.2) is 44.1 Å². The predicted molar refractivity (Wildman–Crippen MR) is 88.7 cm³/mol. The van der Waals surface area contributed by atoms with Crippen LogP contribution in [0.5, 0.6) is 0 Å². The summed E-state index contributed by atoms with van der Waals surface area (Å²) in [6.07, 6.45) is 6.29. The number of benzene rings is 1. The topological polar surface area (TPSA) is 55.8 Å². The van der Waals surface area contributed by atoms with Gasteiger partial charge in [0.15, 0.2) is 0 Å². The Morgan fingerprint density at radius 2 is 1.48 bits per heavy atom. The van der Waals surface area contributed by atoms with Crippen molar-refractivity contribution >= 4 is 11.9 Å². The van der Waals surface area contributed by atoms with E-state index < -0.39 is 0 Å². The van der Waals surface area contributed by atoms with Crippen LogP contribution in [-0.2, 0) is 19.1 Å². The van der Waals surface area contributed by atoms with Gasteiger partial charge < -0.3 is 9.47 Å². The fourth-order valence-electron chi connectivity index (χ4n) is 2.04. The summed E-state index contributed by atoms with van der Waals surface area (Å²) < 4.78 is 9.17. The maximum Gasteiger partial charge on any atom is 0.330 e. The van der Waals surface area contributed by atoms with Gasteiger partial charge in [0.05, 0.1) is 14.2 Å². The Balaban J connectivity index is 2.78. The van der Waals surface area contributed by atoms with Gasteiger partial charge >= 0.3 is 11.9 Å². The fourth-order valence-corrected chi connectivity index (χ4v) is 2.04. The van der Waals surface area contributed by atoms with Crippen molar-refractivity contribution in [3.8, 4) is 0 Å². The molecule has 0 aliphatic rings. The molecule has 0 heterocycles. The molecule has 0 fully saturated rings. The second-order valence-corrected chi connectivity index (χ2v) is 4.89. The molecule has 0 amide bonds. The van der Waals surface area contributed by atoms with Crippen molar-refractivity contribution in [1.82, 2.24) is 4.90 Å². The lowest BCUT2D eigenvalue weighted by Gasteiger charge is -2.27. The quantitative estimate of drug-likeness (QED) is 0.545. The Kier molecular flexibility index (Phi) is 8.39. The number of hydrogen-bond donors (Lipinski definition) is 0. The van der Waals surface area contributed by atoms with Crippen molar-refractivity contribution < 1.29 is 19.1 Å². The minimum absolute atomic E-state index is 0.126. The number of hydrogen-bond acceptors (Lipinski definition) is 5. The molecule has 0 spiro atoms. The molecule has 0 saturated carbocycles. The average Bonchev–Trinajstić information content (AvgIpc) is 2.60. The molecule has 1 aromatic rings. The number of nitrogens with zero attached hydrogens (tertiary/aromatic N) is 1. The molecule has 5 heteroatoms. The maximum atomic E-state index is 11.2. The molecule has 0 bridgehead atoms. The number of esters is 2. The third kappa shape index (κ3) is 6.93. The molecule has 23 heavy (non-hydrogen) atoms. The molecule has 0 unspecified atom stereocenters. The fraction of sp³-hybridized carbons (Fsp3) is 0.333. The number of ether oxygens (including phenoxy) is 2. The average molecular weight is 317 g/mol. The monoisotopic (exact) mass is 317 g/mol. The zero-order valence-electron chi connectivity index (χ0n) is 13.8. The van der Waals surface area contributed by atoms with Crippen LogP contribution in [0.4, 0.5) is 0 Å². The van der Waals surface area contributed by atoms with Crippen molar-refractivity contribution in [2.24, 2.45) is 0 Å². The molecular formula is C18H23NO4. The molecule has 0 aromatic heterocycles. The standard InChI is InChI=1S/C18H23NO4/c1-15(16-9-5-4-6-10-16)19(13-7-11-17(20)22-2)14-8-12-18(21)23-3/h4-12,15H,13-14H2,1-3H3/b11-7+,12-8+/t15-/m0/s1. The normalized spacial score (nSPS) is 12.7. The smallest absolute Gasteiger partial charge is 0.330 e. The molecule has 0 saturated heterocycles. The van der Waals surface area contributed by atoms with E-state index >= 15 is 0 Å². The summed E-state index contributed by atoms with van der Waals surface area (Å²) >= 11 is 0. The van der Waals surface area contributed by atoms with Gasteiger partial charge in [0.2, 0.25) is 0 Å². The minimum atomic E-state index is -0.387. The van der Waals surface area contributed by atoms with E-state index in [2.05, 4.69) is 21.3 Å². The molecule has 0 N–H and O–H groups in total. The van der Waals surface area contributed by atoms with E-state index in [1.165, 1.54) is 26.4 Å². The zero-order valence-corrected chi connectivity index (χ0v) is 13.8. The van der Waals surface area contributed by atoms with Gasteiger partial charge in [-0.3, -0.25) is 4.90 Å². The van der Waals surface area contributed by atoms with Gasteiger partial charge in [-0.15, -0.1) is 0 Å². The number of rotatable bonds is 8. The summed E-state index contributed by atoms with van der Waals surface area (Å²) in [5.41, 5.74) is 1.16. The summed E-state index contributed by atoms with van der Waals surface area (Å²) in [6.45, 7) is 3.18. The van der Waals surface area contributed by atoms with Crippen molar-refractivity contribution in [2.45, 2.75) is 13.0 Å². The second kappa shape index (κ2) is 10.3. The number of carbonyl (C=O) groups excluding carboxylic acids is 2. The van der Waals surface area contributed by atoms with Crippen LogP contribution in [0.25, 0.3) is 0 Å². The van der Waals surface area contributed by atoms with Gasteiger partial charge in [-0.05, 0) is 12.5 Å². The summed E-state index contributed by atoms with van der Waals surface area (Å²) in [5.74, 6) is -0.773. The van der Waals surface area contributed by atoms with Gasteiger partial charge in [-0.1, -0.05) is 42.5 Å². The number of carbonyl (C=O) groups is 2. The molecule has 0 radical (unpaired) electrons. The van der Waals surface area contributed by atoms with E-state index in [1.807, 2.05) is 30.3 Å². The largest absolute Gasteiger partial charge is 0.466 e. The SMILES string of the molecule is COC(=O)/C=C/CN(C/C=C/C(=O)OC)[C@@H](C)c1ccccc1. The van der Waals surface area contributed by atoms with Gasteiger partial charge in [0.1, 0.15) is 0 Å². The predicted octanol–water partition coefficient (Wildman–Crippen LogP) is 2.51. The van der Waals surface area contributed by atoms with Crippen molar-refractivity contribution in [1.29, 1.82) is 0 Å². The van der Waals surface area contributed by atoms with E-state index in [1.54, 1.807) is 12.2 Å². The molecule has 0 aliphatic heterocycles. The lowest BCUT2D eigenvalue weighted by molar-refractivity contribution is -0.135. The maximum absolute atomic E-state index is 11.2. The molecule has 5 nitrogen and oxygen atoms in total. The molecule has 124 valence electrons. The van der Waals surface area contributed by atoms with Gasteiger partial charge in [-0.25, -0.2) is 9.59 Å². The van der Waals surface area contributed by atoms with Gasteiger partial charge in [-0.2, -0.15) is 0 Å². The first-order chi connectivity index (χ1) is 11.1. The van der Waals surface area contributed by atoms with Crippen LogP contribution in [0, 0.1) is 0 Å². The third-order valence-electron chi connectivity index (χ3n) is 3.42. The first kappa shape index (κ1) is 18.6. The van der Waals surface area contributed by atoms with Gasteiger partial charge in [0.25, 0.3) is 0 Å². The van der Waals surface area contributed by atoms with E-state index in [9.17, 15) is 9.59 Å². The van der Waals surface area contributed by atoms with Crippen LogP contribution in [0.15, 0.2) is 54.6 Å². The Labute approximate surface area is 137 Å². The van der Waals surface area contributed by atoms with E-state index in [-0.39, 0.29) is 18.0 Å². The van der Waals surface area contributed by atoms with Crippen LogP contribution >= 0.6 is 0 Å². The van der Waals surface area contributed by atoms with Crippen molar-refractivity contribution in [2.75, 3.05) is 27.3 Å². The highest BCUT2D eigenvalue weighted by Gasteiger charge is 2.13. The van der Waals surface area contributed by atoms with E-state index in [0.717, 1.165) is 5.56 Å². The molecule has 0 aliphatic carbocycles. The molecule has 1 rings (SSSR count). The first-order valence-electron chi connectivity index (χ1n) is 7.36. The van der Waals surface area contributed by atoms with Crippen LogP contribution in [0.3, 0.4) is 0 Å². The Morgan fingerprint density at radius 3 is 1.91 bits per heavy atom. The molecule has 1 aromatic carbocycles. The Morgan fingerprint density at radius 1 is 1.00 bits per heavy atom. The highest BCUT2D eigenvalue weighted by atomic mass is 16.5.